The van der Waals surface area contributed by atoms with Crippen LogP contribution in [0.1, 0.15) is 38.5 Å². The largest absolute Gasteiger partial charge is 0.0831 e. The van der Waals surface area contributed by atoms with Crippen molar-refractivity contribution in [3.05, 3.63) is 0 Å². The van der Waals surface area contributed by atoms with Crippen molar-refractivity contribution >= 4 is 7.85 Å². The van der Waals surface area contributed by atoms with Crippen LogP contribution in [0.5, 0.6) is 0 Å². The molecule has 2 radical (unpaired) electrons. The van der Waals surface area contributed by atoms with E-state index in [0.29, 0.717) is 5.41 Å². The molecule has 4 fully saturated rings. The standard InChI is InChI=1S/C11H17B/c12-7-11-4-8-1-9(5-11)3-10(2-8)6-11/h8-10H,1-7H2. The molecule has 0 nitrogen and oxygen atoms in total. The molecule has 64 valence electrons. The fourth-order valence-corrected chi connectivity index (χ4v) is 4.54. The van der Waals surface area contributed by atoms with Gasteiger partial charge in [-0.25, -0.2) is 0 Å². The molecule has 0 aromatic heterocycles. The lowest BCUT2D eigenvalue weighted by Crippen LogP contribution is -2.45. The SMILES string of the molecule is [B]CC12CC3CC(CC(C3)C1)C2. The summed E-state index contributed by atoms with van der Waals surface area (Å²) in [5.74, 6) is 3.21. The molecule has 1 heteroatoms. The van der Waals surface area contributed by atoms with E-state index in [-0.39, 0.29) is 0 Å². The highest BCUT2D eigenvalue weighted by Gasteiger charge is 2.49. The Morgan fingerprint density at radius 3 is 1.67 bits per heavy atom. The predicted octanol–water partition coefficient (Wildman–Crippen LogP) is 2.79. The fraction of sp³-hybridized carbons (Fsp3) is 1.00. The average molecular weight is 160 g/mol. The molecule has 4 aliphatic rings. The first-order chi connectivity index (χ1) is 5.80. The van der Waals surface area contributed by atoms with Gasteiger partial charge in [0, 0.05) is 0 Å². The molecule has 0 amide bonds. The van der Waals surface area contributed by atoms with Crippen molar-refractivity contribution in [3.63, 3.8) is 0 Å². The van der Waals surface area contributed by atoms with Gasteiger partial charge < -0.3 is 0 Å². The Morgan fingerprint density at radius 1 is 0.917 bits per heavy atom. The first kappa shape index (κ1) is 7.47. The lowest BCUT2D eigenvalue weighted by Gasteiger charge is -2.57. The highest BCUT2D eigenvalue weighted by molar-refractivity contribution is 6.09. The van der Waals surface area contributed by atoms with Gasteiger partial charge in [0.25, 0.3) is 0 Å². The Labute approximate surface area is 76.5 Å². The Hall–Kier alpha value is 0.0649. The van der Waals surface area contributed by atoms with Gasteiger partial charge in [-0.1, -0.05) is 6.32 Å². The molecule has 0 atom stereocenters. The molecule has 0 aliphatic heterocycles. The molecule has 0 heterocycles. The van der Waals surface area contributed by atoms with E-state index in [0.717, 1.165) is 24.1 Å². The minimum atomic E-state index is 0.620. The third-order valence-electron chi connectivity index (χ3n) is 4.60. The second-order valence-electron chi connectivity index (χ2n) is 5.62. The van der Waals surface area contributed by atoms with E-state index in [2.05, 4.69) is 0 Å². The molecule has 4 saturated carbocycles. The zero-order chi connectivity index (χ0) is 8.18. The third-order valence-corrected chi connectivity index (χ3v) is 4.60. The molecule has 4 bridgehead atoms. The third kappa shape index (κ3) is 0.915. The predicted molar refractivity (Wildman–Crippen MR) is 51.2 cm³/mol. The molecule has 0 aromatic rings. The van der Waals surface area contributed by atoms with Crippen LogP contribution in [0, 0.1) is 23.2 Å². The number of rotatable bonds is 1. The zero-order valence-electron chi connectivity index (χ0n) is 7.76. The quantitative estimate of drug-likeness (QED) is 0.517. The maximum Gasteiger partial charge on any atom is 0.0660 e. The van der Waals surface area contributed by atoms with Gasteiger partial charge in [-0.2, -0.15) is 0 Å². The minimum Gasteiger partial charge on any atom is -0.0831 e. The van der Waals surface area contributed by atoms with Crippen LogP contribution in [-0.4, -0.2) is 7.85 Å². The van der Waals surface area contributed by atoms with E-state index < -0.39 is 0 Å². The van der Waals surface area contributed by atoms with Gasteiger partial charge in [0.2, 0.25) is 0 Å². The summed E-state index contributed by atoms with van der Waals surface area (Å²) in [6.07, 6.45) is 9.99. The van der Waals surface area contributed by atoms with E-state index in [9.17, 15) is 0 Å². The molecule has 0 spiro atoms. The van der Waals surface area contributed by atoms with Crippen molar-refractivity contribution in [2.45, 2.75) is 44.8 Å². The highest BCUT2D eigenvalue weighted by atomic mass is 14.5. The van der Waals surface area contributed by atoms with Gasteiger partial charge in [-0.05, 0) is 61.7 Å². The van der Waals surface area contributed by atoms with Crippen LogP contribution in [0.4, 0.5) is 0 Å². The Balaban J connectivity index is 1.90. The van der Waals surface area contributed by atoms with Crippen LogP contribution in [-0.2, 0) is 0 Å². The van der Waals surface area contributed by atoms with E-state index in [1.807, 2.05) is 0 Å². The second kappa shape index (κ2) is 2.30. The summed E-state index contributed by atoms with van der Waals surface area (Å²) in [5.41, 5.74) is 0.620. The molecule has 0 unspecified atom stereocenters. The van der Waals surface area contributed by atoms with Crippen molar-refractivity contribution in [3.8, 4) is 0 Å². The normalized spacial score (nSPS) is 56.2. The summed E-state index contributed by atoms with van der Waals surface area (Å²) in [5, 5.41) is 0. The molecule has 4 rings (SSSR count). The molecular formula is C11H17B. The van der Waals surface area contributed by atoms with Crippen LogP contribution < -0.4 is 0 Å². The summed E-state index contributed by atoms with van der Waals surface area (Å²) in [6, 6.07) is 0. The lowest BCUT2D eigenvalue weighted by atomic mass is 9.47. The molecule has 12 heavy (non-hydrogen) atoms. The summed E-state index contributed by atoms with van der Waals surface area (Å²) >= 11 is 0. The van der Waals surface area contributed by atoms with Gasteiger partial charge in [-0.3, -0.25) is 0 Å². The highest BCUT2D eigenvalue weighted by Crippen LogP contribution is 2.61. The fourth-order valence-electron chi connectivity index (χ4n) is 4.54. The maximum atomic E-state index is 5.93. The first-order valence-corrected chi connectivity index (χ1v) is 5.50. The molecule has 0 aromatic carbocycles. The maximum absolute atomic E-state index is 5.93. The lowest BCUT2D eigenvalue weighted by molar-refractivity contribution is -0.0406. The van der Waals surface area contributed by atoms with Crippen molar-refractivity contribution in [2.75, 3.05) is 0 Å². The zero-order valence-corrected chi connectivity index (χ0v) is 7.76. The topological polar surface area (TPSA) is 0 Å². The van der Waals surface area contributed by atoms with Gasteiger partial charge in [0.05, 0.1) is 7.85 Å². The Bertz CT molecular complexity index is 162. The Kier molecular flexibility index (Phi) is 1.43. The average Bonchev–Trinajstić information content (AvgIpc) is 2.02. The van der Waals surface area contributed by atoms with Crippen molar-refractivity contribution in [1.29, 1.82) is 0 Å². The monoisotopic (exact) mass is 160 g/mol. The molecule has 0 N–H and O–H groups in total. The summed E-state index contributed by atoms with van der Waals surface area (Å²) in [7, 11) is 5.93. The summed E-state index contributed by atoms with van der Waals surface area (Å²) in [4.78, 5) is 0. The van der Waals surface area contributed by atoms with Gasteiger partial charge in [0.1, 0.15) is 0 Å². The van der Waals surface area contributed by atoms with Gasteiger partial charge in [-0.15, -0.1) is 0 Å². The van der Waals surface area contributed by atoms with E-state index >= 15 is 0 Å². The van der Waals surface area contributed by atoms with Crippen molar-refractivity contribution in [1.82, 2.24) is 0 Å². The Morgan fingerprint density at radius 2 is 1.33 bits per heavy atom. The van der Waals surface area contributed by atoms with Crippen molar-refractivity contribution < 1.29 is 0 Å². The number of hydrogen-bond acceptors (Lipinski definition) is 0. The summed E-state index contributed by atoms with van der Waals surface area (Å²) in [6.45, 7) is 0. The van der Waals surface area contributed by atoms with Crippen LogP contribution >= 0.6 is 0 Å². The van der Waals surface area contributed by atoms with Crippen LogP contribution in [0.3, 0.4) is 0 Å². The van der Waals surface area contributed by atoms with Crippen LogP contribution in [0.25, 0.3) is 0 Å². The van der Waals surface area contributed by atoms with Crippen molar-refractivity contribution in [2.24, 2.45) is 23.2 Å². The van der Waals surface area contributed by atoms with E-state index in [1.165, 1.54) is 38.5 Å². The van der Waals surface area contributed by atoms with Gasteiger partial charge >= 0.3 is 0 Å². The summed E-state index contributed by atoms with van der Waals surface area (Å²) < 4.78 is 0. The van der Waals surface area contributed by atoms with Gasteiger partial charge in [0.15, 0.2) is 0 Å². The van der Waals surface area contributed by atoms with E-state index in [4.69, 9.17) is 7.85 Å². The van der Waals surface area contributed by atoms with E-state index in [1.54, 1.807) is 0 Å². The van der Waals surface area contributed by atoms with Crippen LogP contribution in [0.15, 0.2) is 0 Å². The smallest absolute Gasteiger partial charge is 0.0660 e. The molecular weight excluding hydrogens is 143 g/mol. The second-order valence-corrected chi connectivity index (χ2v) is 5.62. The van der Waals surface area contributed by atoms with Crippen LogP contribution in [0.2, 0.25) is 6.32 Å². The molecule has 0 saturated heterocycles. The number of hydrogen-bond donors (Lipinski definition) is 0. The molecule has 4 aliphatic carbocycles. The first-order valence-electron chi connectivity index (χ1n) is 5.50. The minimum absolute atomic E-state index is 0.620.